The van der Waals surface area contributed by atoms with Crippen LogP contribution in [0.2, 0.25) is 5.15 Å². The van der Waals surface area contributed by atoms with Crippen LogP contribution in [0.5, 0.6) is 11.1 Å². The molecule has 0 bridgehead atoms. The molecule has 0 spiro atoms. The fourth-order valence-electron chi connectivity index (χ4n) is 1.06. The van der Waals surface area contributed by atoms with Crippen molar-refractivity contribution in [3.05, 3.63) is 22.3 Å². The molecule has 2 aromatic rings. The van der Waals surface area contributed by atoms with Crippen LogP contribution in [-0.2, 0) is 7.05 Å². The van der Waals surface area contributed by atoms with Gasteiger partial charge in [-0.1, -0.05) is 22.9 Å². The number of hydrogen-bond donors (Lipinski definition) is 0. The molecular weight excluding hydrogens is 222 g/mol. The highest BCUT2D eigenvalue weighted by atomic mass is 35.5. The van der Waals surface area contributed by atoms with Gasteiger partial charge in [-0.15, -0.1) is 0 Å². The molecule has 0 aliphatic heterocycles. The minimum absolute atomic E-state index is 0.448. The molecule has 0 radical (unpaired) electrons. The van der Waals surface area contributed by atoms with E-state index in [1.165, 1.54) is 11.3 Å². The topological polar surface area (TPSA) is 39.9 Å². The Labute approximate surface area is 90.1 Å². The zero-order chi connectivity index (χ0) is 10.1. The van der Waals surface area contributed by atoms with Crippen LogP contribution >= 0.6 is 22.9 Å². The number of hydrogen-bond acceptors (Lipinski definition) is 4. The van der Waals surface area contributed by atoms with Crippen LogP contribution in [0.4, 0.5) is 0 Å². The number of rotatable bonds is 2. The molecule has 74 valence electrons. The van der Waals surface area contributed by atoms with E-state index in [0.29, 0.717) is 16.2 Å². The molecule has 4 nitrogen and oxygen atoms in total. The maximum atomic E-state index is 5.67. The lowest BCUT2D eigenvalue weighted by Crippen LogP contribution is -1.94. The lowest BCUT2D eigenvalue weighted by molar-refractivity contribution is 0.428. The van der Waals surface area contributed by atoms with Gasteiger partial charge in [0.2, 0.25) is 5.88 Å². The van der Waals surface area contributed by atoms with E-state index in [1.54, 1.807) is 10.1 Å². The Morgan fingerprint density at radius 1 is 1.57 bits per heavy atom. The number of thiazole rings is 1. The van der Waals surface area contributed by atoms with Crippen molar-refractivity contribution in [3.8, 4) is 11.1 Å². The smallest absolute Gasteiger partial charge is 0.281 e. The number of aromatic nitrogens is 3. The molecule has 2 heterocycles. The molecular formula is C8H8ClN3OS. The van der Waals surface area contributed by atoms with Crippen molar-refractivity contribution in [1.82, 2.24) is 14.8 Å². The van der Waals surface area contributed by atoms with Crippen molar-refractivity contribution in [1.29, 1.82) is 0 Å². The summed E-state index contributed by atoms with van der Waals surface area (Å²) in [6.07, 6.45) is 0. The van der Waals surface area contributed by atoms with Gasteiger partial charge in [-0.3, -0.25) is 0 Å². The molecule has 2 rings (SSSR count). The highest BCUT2D eigenvalue weighted by Crippen LogP contribution is 2.26. The first-order valence-electron chi connectivity index (χ1n) is 3.94. The van der Waals surface area contributed by atoms with Crippen LogP contribution in [0.25, 0.3) is 0 Å². The van der Waals surface area contributed by atoms with Crippen molar-refractivity contribution < 1.29 is 4.74 Å². The number of aryl methyl sites for hydroxylation is 2. The van der Waals surface area contributed by atoms with Gasteiger partial charge in [-0.25, -0.2) is 4.68 Å². The van der Waals surface area contributed by atoms with Crippen molar-refractivity contribution >= 4 is 22.9 Å². The fraction of sp³-hybridized carbons (Fsp3) is 0.250. The first-order chi connectivity index (χ1) is 6.65. The summed E-state index contributed by atoms with van der Waals surface area (Å²) in [7, 11) is 1.82. The molecule has 0 atom stereocenters. The van der Waals surface area contributed by atoms with Gasteiger partial charge in [0.25, 0.3) is 5.19 Å². The summed E-state index contributed by atoms with van der Waals surface area (Å²) in [5.74, 6) is 0.661. The molecule has 0 aromatic carbocycles. The van der Waals surface area contributed by atoms with E-state index in [1.807, 2.05) is 20.0 Å². The summed E-state index contributed by atoms with van der Waals surface area (Å²) in [6.45, 7) is 1.90. The second kappa shape index (κ2) is 3.59. The molecule has 0 unspecified atom stereocenters. The highest BCUT2D eigenvalue weighted by Gasteiger charge is 2.07. The summed E-state index contributed by atoms with van der Waals surface area (Å²) < 4.78 is 7.13. The molecule has 6 heteroatoms. The summed E-state index contributed by atoms with van der Waals surface area (Å²) in [4.78, 5) is 3.98. The number of ether oxygens (including phenoxy) is 1. The average molecular weight is 230 g/mol. The van der Waals surface area contributed by atoms with Gasteiger partial charge in [0.05, 0.1) is 5.69 Å². The molecule has 0 N–H and O–H groups in total. The van der Waals surface area contributed by atoms with Gasteiger partial charge in [-0.05, 0) is 6.92 Å². The van der Waals surface area contributed by atoms with Crippen molar-refractivity contribution in [3.63, 3.8) is 0 Å². The predicted octanol–water partition coefficient (Wildman–Crippen LogP) is 2.63. The standard InChI is InChI=1S/C8H8ClN3OS/c1-5-3-7(12(2)11-5)13-8-10-6(9)4-14-8/h3-4H,1-2H3. The quantitative estimate of drug-likeness (QED) is 0.795. The molecule has 2 aromatic heterocycles. The molecule has 0 aliphatic carbocycles. The Hall–Kier alpha value is -1.07. The molecule has 0 fully saturated rings. The summed E-state index contributed by atoms with van der Waals surface area (Å²) in [5, 5.41) is 6.85. The Bertz CT molecular complexity index is 451. The zero-order valence-electron chi connectivity index (χ0n) is 7.69. The minimum Gasteiger partial charge on any atom is -0.412 e. The van der Waals surface area contributed by atoms with E-state index in [2.05, 4.69) is 10.1 Å². The summed E-state index contributed by atoms with van der Waals surface area (Å²) in [5.41, 5.74) is 0.908. The van der Waals surface area contributed by atoms with Crippen LogP contribution < -0.4 is 4.74 Å². The largest absolute Gasteiger partial charge is 0.412 e. The van der Waals surface area contributed by atoms with Crippen LogP contribution in [0.15, 0.2) is 11.4 Å². The third-order valence-corrected chi connectivity index (χ3v) is 2.65. The third kappa shape index (κ3) is 1.88. The van der Waals surface area contributed by atoms with E-state index in [9.17, 15) is 0 Å². The number of nitrogens with zero attached hydrogens (tertiary/aromatic N) is 3. The van der Waals surface area contributed by atoms with Gasteiger partial charge in [-0.2, -0.15) is 10.1 Å². The Balaban J connectivity index is 2.22. The summed E-state index contributed by atoms with van der Waals surface area (Å²) >= 11 is 7.02. The van der Waals surface area contributed by atoms with E-state index >= 15 is 0 Å². The molecule has 14 heavy (non-hydrogen) atoms. The normalized spacial score (nSPS) is 10.5. The van der Waals surface area contributed by atoms with Crippen LogP contribution in [-0.4, -0.2) is 14.8 Å². The maximum absolute atomic E-state index is 5.67. The minimum atomic E-state index is 0.448. The average Bonchev–Trinajstić information content (AvgIpc) is 2.61. The highest BCUT2D eigenvalue weighted by molar-refractivity contribution is 7.11. The van der Waals surface area contributed by atoms with Crippen molar-refractivity contribution in [2.24, 2.45) is 7.05 Å². The van der Waals surface area contributed by atoms with E-state index in [0.717, 1.165) is 5.69 Å². The van der Waals surface area contributed by atoms with Crippen molar-refractivity contribution in [2.45, 2.75) is 6.92 Å². The molecule has 0 saturated carbocycles. The van der Waals surface area contributed by atoms with Gasteiger partial charge in [0.1, 0.15) is 5.15 Å². The maximum Gasteiger partial charge on any atom is 0.281 e. The Morgan fingerprint density at radius 2 is 2.36 bits per heavy atom. The first kappa shape index (κ1) is 9.48. The molecule has 0 saturated heterocycles. The lowest BCUT2D eigenvalue weighted by atomic mass is 10.5. The van der Waals surface area contributed by atoms with Gasteiger partial charge in [0.15, 0.2) is 0 Å². The predicted molar refractivity (Wildman–Crippen MR) is 55.1 cm³/mol. The van der Waals surface area contributed by atoms with Crippen LogP contribution in [0.3, 0.4) is 0 Å². The zero-order valence-corrected chi connectivity index (χ0v) is 9.26. The Morgan fingerprint density at radius 3 is 2.86 bits per heavy atom. The summed E-state index contributed by atoms with van der Waals surface area (Å²) in [6, 6.07) is 1.84. The van der Waals surface area contributed by atoms with E-state index in [4.69, 9.17) is 16.3 Å². The van der Waals surface area contributed by atoms with Gasteiger partial charge < -0.3 is 4.74 Å². The monoisotopic (exact) mass is 229 g/mol. The first-order valence-corrected chi connectivity index (χ1v) is 5.20. The molecule has 0 aliphatic rings. The Kier molecular flexibility index (Phi) is 2.43. The van der Waals surface area contributed by atoms with Crippen LogP contribution in [0.1, 0.15) is 5.69 Å². The number of halogens is 1. The lowest BCUT2D eigenvalue weighted by Gasteiger charge is -1.99. The van der Waals surface area contributed by atoms with Crippen molar-refractivity contribution in [2.75, 3.05) is 0 Å². The van der Waals surface area contributed by atoms with E-state index in [-0.39, 0.29) is 0 Å². The van der Waals surface area contributed by atoms with E-state index < -0.39 is 0 Å². The third-order valence-electron chi connectivity index (χ3n) is 1.61. The second-order valence-electron chi connectivity index (χ2n) is 2.79. The fourth-order valence-corrected chi connectivity index (χ4v) is 1.85. The van der Waals surface area contributed by atoms with Gasteiger partial charge >= 0.3 is 0 Å². The second-order valence-corrected chi connectivity index (χ2v) is 3.99. The molecule has 0 amide bonds. The SMILES string of the molecule is Cc1cc(Oc2nc(Cl)cs2)n(C)n1. The van der Waals surface area contributed by atoms with Crippen LogP contribution in [0, 0.1) is 6.92 Å². The van der Waals surface area contributed by atoms with Gasteiger partial charge in [0, 0.05) is 18.5 Å².